The van der Waals surface area contributed by atoms with E-state index in [4.69, 9.17) is 4.74 Å². The van der Waals surface area contributed by atoms with Gasteiger partial charge in [-0.1, -0.05) is 18.6 Å². The van der Waals surface area contributed by atoms with E-state index in [1.807, 2.05) is 31.2 Å². The van der Waals surface area contributed by atoms with Crippen LogP contribution in [0.2, 0.25) is 0 Å². The zero-order chi connectivity index (χ0) is 16.7. The minimum absolute atomic E-state index is 0.127. The number of hydrogen-bond donors (Lipinski definition) is 2. The highest BCUT2D eigenvalue weighted by atomic mass is 16.5. The van der Waals surface area contributed by atoms with E-state index in [1.165, 1.54) is 0 Å². The summed E-state index contributed by atoms with van der Waals surface area (Å²) in [5, 5.41) is 12.1. The summed E-state index contributed by atoms with van der Waals surface area (Å²) in [5.41, 5.74) is 0.956. The molecule has 126 valence electrons. The van der Waals surface area contributed by atoms with Crippen LogP contribution in [-0.2, 0) is 16.1 Å². The number of nitrogens with one attached hydrogen (secondary N) is 1. The van der Waals surface area contributed by atoms with Crippen molar-refractivity contribution >= 4 is 11.9 Å². The summed E-state index contributed by atoms with van der Waals surface area (Å²) in [4.78, 5) is 25.1. The highest BCUT2D eigenvalue weighted by molar-refractivity contribution is 5.80. The fraction of sp³-hybridized carbons (Fsp3) is 0.529. The van der Waals surface area contributed by atoms with Gasteiger partial charge in [-0.2, -0.15) is 0 Å². The first-order valence-electron chi connectivity index (χ1n) is 8.05. The van der Waals surface area contributed by atoms with Gasteiger partial charge in [0.2, 0.25) is 5.91 Å². The van der Waals surface area contributed by atoms with Crippen LogP contribution in [0.25, 0.3) is 0 Å². The van der Waals surface area contributed by atoms with Gasteiger partial charge >= 0.3 is 5.97 Å². The number of carbonyl (C=O) groups excluding carboxylic acids is 1. The molecular weight excluding hydrogens is 296 g/mol. The molecule has 0 spiro atoms. The van der Waals surface area contributed by atoms with E-state index in [0.29, 0.717) is 26.1 Å². The SMILES string of the molecule is CCOc1cccc(CNC(=O)CN2CCCCC2C(=O)O)c1. The number of aliphatic carboxylic acids is 1. The Labute approximate surface area is 136 Å². The molecule has 0 aliphatic carbocycles. The Morgan fingerprint density at radius 1 is 1.39 bits per heavy atom. The second kappa shape index (κ2) is 8.53. The molecular formula is C17H24N2O4. The zero-order valence-electron chi connectivity index (χ0n) is 13.5. The van der Waals surface area contributed by atoms with Crippen LogP contribution < -0.4 is 10.1 Å². The lowest BCUT2D eigenvalue weighted by atomic mass is 10.0. The molecule has 1 saturated heterocycles. The summed E-state index contributed by atoms with van der Waals surface area (Å²) < 4.78 is 5.43. The summed E-state index contributed by atoms with van der Waals surface area (Å²) >= 11 is 0. The van der Waals surface area contributed by atoms with Gasteiger partial charge in [-0.3, -0.25) is 14.5 Å². The molecule has 23 heavy (non-hydrogen) atoms. The molecule has 1 fully saturated rings. The Bertz CT molecular complexity index is 547. The monoisotopic (exact) mass is 320 g/mol. The average molecular weight is 320 g/mol. The van der Waals surface area contributed by atoms with Crippen molar-refractivity contribution in [2.45, 2.75) is 38.8 Å². The van der Waals surface area contributed by atoms with Crippen molar-refractivity contribution in [1.82, 2.24) is 10.2 Å². The second-order valence-corrected chi connectivity index (χ2v) is 5.68. The topological polar surface area (TPSA) is 78.9 Å². The standard InChI is InChI=1S/C17H24N2O4/c1-2-23-14-7-5-6-13(10-14)11-18-16(20)12-19-9-4-3-8-15(19)17(21)22/h5-7,10,15H,2-4,8-9,11-12H2,1H3,(H,18,20)(H,21,22). The molecule has 1 aromatic carbocycles. The predicted molar refractivity (Wildman–Crippen MR) is 86.3 cm³/mol. The van der Waals surface area contributed by atoms with Crippen LogP contribution in [0.3, 0.4) is 0 Å². The number of carbonyl (C=O) groups is 2. The number of piperidine rings is 1. The third-order valence-electron chi connectivity index (χ3n) is 3.94. The Balaban J connectivity index is 1.84. The fourth-order valence-corrected chi connectivity index (χ4v) is 2.81. The number of benzene rings is 1. The van der Waals surface area contributed by atoms with Crippen molar-refractivity contribution in [2.75, 3.05) is 19.7 Å². The summed E-state index contributed by atoms with van der Waals surface area (Å²) in [6, 6.07) is 7.03. The quantitative estimate of drug-likeness (QED) is 0.798. The number of amides is 1. The van der Waals surface area contributed by atoms with E-state index in [-0.39, 0.29) is 12.5 Å². The number of ether oxygens (including phenoxy) is 1. The molecule has 0 saturated carbocycles. The average Bonchev–Trinajstić information content (AvgIpc) is 2.54. The maximum atomic E-state index is 12.1. The molecule has 0 bridgehead atoms. The Morgan fingerprint density at radius 2 is 2.22 bits per heavy atom. The molecule has 1 amide bonds. The number of carboxylic acid groups (broad SMARTS) is 1. The van der Waals surface area contributed by atoms with Gasteiger partial charge < -0.3 is 15.2 Å². The van der Waals surface area contributed by atoms with Gasteiger partial charge in [-0.25, -0.2) is 0 Å². The molecule has 1 aliphatic heterocycles. The van der Waals surface area contributed by atoms with Gasteiger partial charge in [-0.15, -0.1) is 0 Å². The van der Waals surface area contributed by atoms with Gasteiger partial charge in [0, 0.05) is 6.54 Å². The Hall–Kier alpha value is -2.08. The smallest absolute Gasteiger partial charge is 0.320 e. The van der Waals surface area contributed by atoms with E-state index in [9.17, 15) is 14.7 Å². The molecule has 0 radical (unpaired) electrons. The fourth-order valence-electron chi connectivity index (χ4n) is 2.81. The van der Waals surface area contributed by atoms with Crippen LogP contribution in [0.15, 0.2) is 24.3 Å². The van der Waals surface area contributed by atoms with Crippen molar-refractivity contribution in [2.24, 2.45) is 0 Å². The number of hydrogen-bond acceptors (Lipinski definition) is 4. The van der Waals surface area contributed by atoms with E-state index < -0.39 is 12.0 Å². The summed E-state index contributed by atoms with van der Waals surface area (Å²) in [7, 11) is 0. The van der Waals surface area contributed by atoms with Gasteiger partial charge in [0.15, 0.2) is 0 Å². The summed E-state index contributed by atoms with van der Waals surface area (Å²) in [6.45, 7) is 3.71. The minimum Gasteiger partial charge on any atom is -0.494 e. The van der Waals surface area contributed by atoms with Crippen LogP contribution in [0.5, 0.6) is 5.75 Å². The van der Waals surface area contributed by atoms with E-state index in [2.05, 4.69) is 5.32 Å². The maximum Gasteiger partial charge on any atom is 0.320 e. The van der Waals surface area contributed by atoms with Gasteiger partial charge in [-0.05, 0) is 44.0 Å². The van der Waals surface area contributed by atoms with E-state index in [0.717, 1.165) is 24.2 Å². The Kier molecular flexibility index (Phi) is 6.40. The van der Waals surface area contributed by atoms with E-state index in [1.54, 1.807) is 4.90 Å². The third kappa shape index (κ3) is 5.25. The largest absolute Gasteiger partial charge is 0.494 e. The lowest BCUT2D eigenvalue weighted by molar-refractivity contribution is -0.145. The first-order valence-corrected chi connectivity index (χ1v) is 8.05. The van der Waals surface area contributed by atoms with Crippen molar-refractivity contribution in [1.29, 1.82) is 0 Å². The molecule has 0 aromatic heterocycles. The third-order valence-corrected chi connectivity index (χ3v) is 3.94. The molecule has 6 nitrogen and oxygen atoms in total. The second-order valence-electron chi connectivity index (χ2n) is 5.68. The number of likely N-dealkylation sites (tertiary alicyclic amines) is 1. The van der Waals surface area contributed by atoms with Crippen LogP contribution in [0.1, 0.15) is 31.7 Å². The molecule has 1 atom stereocenters. The first-order chi connectivity index (χ1) is 11.1. The van der Waals surface area contributed by atoms with Crippen LogP contribution in [0, 0.1) is 0 Å². The summed E-state index contributed by atoms with van der Waals surface area (Å²) in [5.74, 6) is -0.219. The number of nitrogens with zero attached hydrogens (tertiary/aromatic N) is 1. The molecule has 1 heterocycles. The first kappa shape index (κ1) is 17.3. The van der Waals surface area contributed by atoms with Crippen LogP contribution in [0.4, 0.5) is 0 Å². The molecule has 2 rings (SSSR count). The zero-order valence-corrected chi connectivity index (χ0v) is 13.5. The molecule has 1 aromatic rings. The molecule has 6 heteroatoms. The van der Waals surface area contributed by atoms with Gasteiger partial charge in [0.1, 0.15) is 11.8 Å². The van der Waals surface area contributed by atoms with Crippen molar-refractivity contribution < 1.29 is 19.4 Å². The predicted octanol–water partition coefficient (Wildman–Crippen LogP) is 1.64. The highest BCUT2D eigenvalue weighted by Gasteiger charge is 2.29. The van der Waals surface area contributed by atoms with Gasteiger partial charge in [0.25, 0.3) is 0 Å². The molecule has 1 aliphatic rings. The lowest BCUT2D eigenvalue weighted by Gasteiger charge is -2.32. The molecule has 1 unspecified atom stereocenters. The van der Waals surface area contributed by atoms with Gasteiger partial charge in [0.05, 0.1) is 13.2 Å². The normalized spacial score (nSPS) is 18.4. The maximum absolute atomic E-state index is 12.1. The molecule has 2 N–H and O–H groups in total. The summed E-state index contributed by atoms with van der Waals surface area (Å²) in [6.07, 6.45) is 2.45. The lowest BCUT2D eigenvalue weighted by Crippen LogP contribution is -2.48. The van der Waals surface area contributed by atoms with Crippen molar-refractivity contribution in [3.8, 4) is 5.75 Å². The van der Waals surface area contributed by atoms with Crippen molar-refractivity contribution in [3.05, 3.63) is 29.8 Å². The number of rotatable bonds is 7. The Morgan fingerprint density at radius 3 is 2.96 bits per heavy atom. The van der Waals surface area contributed by atoms with Crippen LogP contribution >= 0.6 is 0 Å². The van der Waals surface area contributed by atoms with Crippen LogP contribution in [-0.4, -0.2) is 47.6 Å². The minimum atomic E-state index is -0.845. The van der Waals surface area contributed by atoms with E-state index >= 15 is 0 Å². The number of carboxylic acids is 1. The van der Waals surface area contributed by atoms with Crippen molar-refractivity contribution in [3.63, 3.8) is 0 Å². The highest BCUT2D eigenvalue weighted by Crippen LogP contribution is 2.17.